The highest BCUT2D eigenvalue weighted by Gasteiger charge is 2.20. The number of fused-ring (bicyclic) bond motifs is 1. The number of rotatable bonds is 3. The van der Waals surface area contributed by atoms with E-state index in [0.717, 1.165) is 25.2 Å². The van der Waals surface area contributed by atoms with Crippen LogP contribution in [0, 0.1) is 0 Å². The molecule has 3 N–H and O–H groups in total. The monoisotopic (exact) mass is 261 g/mol. The van der Waals surface area contributed by atoms with Gasteiger partial charge in [-0.05, 0) is 16.7 Å². The highest BCUT2D eigenvalue weighted by molar-refractivity contribution is 5.81. The van der Waals surface area contributed by atoms with Crippen LogP contribution in [0.4, 0.5) is 0 Å². The molecule has 1 unspecified atom stereocenters. The van der Waals surface area contributed by atoms with Crippen LogP contribution in [0.1, 0.15) is 16.7 Å². The molecular formula is C14H19N3O2. The van der Waals surface area contributed by atoms with Gasteiger partial charge in [-0.2, -0.15) is 0 Å². The van der Waals surface area contributed by atoms with Gasteiger partial charge in [-0.15, -0.1) is 0 Å². The van der Waals surface area contributed by atoms with Crippen LogP contribution in [-0.2, 0) is 29.2 Å². The first-order valence-corrected chi connectivity index (χ1v) is 6.73. The summed E-state index contributed by atoms with van der Waals surface area (Å²) in [5, 5.41) is 9.43. The summed E-state index contributed by atoms with van der Waals surface area (Å²) in [6, 6.07) is 6.17. The van der Waals surface area contributed by atoms with Gasteiger partial charge >= 0.3 is 0 Å². The van der Waals surface area contributed by atoms with Gasteiger partial charge in [0, 0.05) is 26.2 Å². The predicted molar refractivity (Wildman–Crippen MR) is 71.4 cm³/mol. The Balaban J connectivity index is 1.55. The second-order valence-corrected chi connectivity index (χ2v) is 5.01. The smallest absolute Gasteiger partial charge is 0.239 e. The Bertz CT molecular complexity index is 470. The maximum absolute atomic E-state index is 11.9. The van der Waals surface area contributed by atoms with Crippen LogP contribution in [0.3, 0.4) is 0 Å². The van der Waals surface area contributed by atoms with E-state index < -0.39 is 0 Å². The highest BCUT2D eigenvalue weighted by atomic mass is 16.5. The predicted octanol–water partition coefficient (Wildman–Crippen LogP) is -0.106. The molecule has 1 aromatic carbocycles. The van der Waals surface area contributed by atoms with Crippen LogP contribution in [0.25, 0.3) is 0 Å². The number of hydrogen-bond acceptors (Lipinski definition) is 4. The van der Waals surface area contributed by atoms with Crippen molar-refractivity contribution in [1.82, 2.24) is 16.0 Å². The van der Waals surface area contributed by atoms with Crippen LogP contribution in [0.5, 0.6) is 0 Å². The molecule has 0 radical (unpaired) electrons. The molecule has 3 rings (SSSR count). The Labute approximate surface area is 112 Å². The van der Waals surface area contributed by atoms with Crippen molar-refractivity contribution in [1.29, 1.82) is 0 Å². The third-order valence-electron chi connectivity index (χ3n) is 3.61. The molecule has 102 valence electrons. The summed E-state index contributed by atoms with van der Waals surface area (Å²) in [4.78, 5) is 11.9. The van der Waals surface area contributed by atoms with Gasteiger partial charge in [-0.1, -0.05) is 18.2 Å². The molecule has 0 saturated carbocycles. The van der Waals surface area contributed by atoms with E-state index in [-0.39, 0.29) is 11.9 Å². The van der Waals surface area contributed by atoms with E-state index in [1.807, 2.05) is 0 Å². The summed E-state index contributed by atoms with van der Waals surface area (Å²) in [5.41, 5.74) is 3.84. The molecule has 2 aliphatic heterocycles. The van der Waals surface area contributed by atoms with Crippen molar-refractivity contribution in [2.45, 2.75) is 25.7 Å². The molecule has 1 amide bonds. The van der Waals surface area contributed by atoms with E-state index >= 15 is 0 Å². The lowest BCUT2D eigenvalue weighted by atomic mass is 10.1. The van der Waals surface area contributed by atoms with Gasteiger partial charge in [0.1, 0.15) is 6.04 Å². The van der Waals surface area contributed by atoms with E-state index in [4.69, 9.17) is 4.74 Å². The van der Waals surface area contributed by atoms with Crippen LogP contribution in [0.15, 0.2) is 18.2 Å². The second kappa shape index (κ2) is 5.69. The van der Waals surface area contributed by atoms with Gasteiger partial charge in [0.25, 0.3) is 0 Å². The van der Waals surface area contributed by atoms with Crippen LogP contribution >= 0.6 is 0 Å². The van der Waals surface area contributed by atoms with Crippen molar-refractivity contribution >= 4 is 5.91 Å². The molecule has 19 heavy (non-hydrogen) atoms. The molecule has 0 bridgehead atoms. The second-order valence-electron chi connectivity index (χ2n) is 5.01. The minimum Gasteiger partial charge on any atom is -0.378 e. The first kappa shape index (κ1) is 12.6. The van der Waals surface area contributed by atoms with Crippen molar-refractivity contribution in [3.63, 3.8) is 0 Å². The summed E-state index contributed by atoms with van der Waals surface area (Å²) in [5.74, 6) is 0.0123. The average molecular weight is 261 g/mol. The zero-order valence-electron chi connectivity index (χ0n) is 10.9. The molecule has 2 aliphatic rings. The average Bonchev–Trinajstić information content (AvgIpc) is 2.93. The number of carbonyl (C=O) groups is 1. The SMILES string of the molecule is O=C(NCc1ccc2c(c1)CNC2)C1COCCN1. The van der Waals surface area contributed by atoms with E-state index in [2.05, 4.69) is 34.1 Å². The topological polar surface area (TPSA) is 62.4 Å². The Hall–Kier alpha value is -1.43. The molecule has 1 fully saturated rings. The van der Waals surface area contributed by atoms with E-state index in [1.54, 1.807) is 0 Å². The molecule has 5 heteroatoms. The Morgan fingerprint density at radius 1 is 1.37 bits per heavy atom. The summed E-state index contributed by atoms with van der Waals surface area (Å²) in [6.07, 6.45) is 0. The van der Waals surface area contributed by atoms with Crippen molar-refractivity contribution < 1.29 is 9.53 Å². The number of benzene rings is 1. The van der Waals surface area contributed by atoms with Gasteiger partial charge < -0.3 is 20.7 Å². The lowest BCUT2D eigenvalue weighted by Crippen LogP contribution is -2.51. The first-order valence-electron chi connectivity index (χ1n) is 6.73. The number of carbonyl (C=O) groups excluding carboxylic acids is 1. The lowest BCUT2D eigenvalue weighted by molar-refractivity contribution is -0.126. The van der Waals surface area contributed by atoms with Crippen molar-refractivity contribution in [3.05, 3.63) is 34.9 Å². The highest BCUT2D eigenvalue weighted by Crippen LogP contribution is 2.16. The number of amides is 1. The maximum Gasteiger partial charge on any atom is 0.239 e. The molecule has 2 heterocycles. The van der Waals surface area contributed by atoms with Gasteiger partial charge in [0.2, 0.25) is 5.91 Å². The quantitative estimate of drug-likeness (QED) is 0.711. The normalized spacial score (nSPS) is 22.0. The molecule has 5 nitrogen and oxygen atoms in total. The summed E-state index contributed by atoms with van der Waals surface area (Å²) in [7, 11) is 0. The zero-order valence-corrected chi connectivity index (χ0v) is 10.9. The fourth-order valence-electron chi connectivity index (χ4n) is 2.50. The summed E-state index contributed by atoms with van der Waals surface area (Å²) < 4.78 is 5.28. The number of hydrogen-bond donors (Lipinski definition) is 3. The minimum absolute atomic E-state index is 0.0123. The van der Waals surface area contributed by atoms with E-state index in [0.29, 0.717) is 19.8 Å². The van der Waals surface area contributed by atoms with Gasteiger partial charge in [0.15, 0.2) is 0 Å². The van der Waals surface area contributed by atoms with Gasteiger partial charge in [0.05, 0.1) is 13.2 Å². The molecule has 1 atom stereocenters. The van der Waals surface area contributed by atoms with Gasteiger partial charge in [-0.3, -0.25) is 4.79 Å². The van der Waals surface area contributed by atoms with Crippen molar-refractivity contribution in [3.8, 4) is 0 Å². The molecule has 0 aromatic heterocycles. The maximum atomic E-state index is 11.9. The van der Waals surface area contributed by atoms with Crippen molar-refractivity contribution in [2.75, 3.05) is 19.8 Å². The third-order valence-corrected chi connectivity index (χ3v) is 3.61. The summed E-state index contributed by atoms with van der Waals surface area (Å²) in [6.45, 7) is 4.33. The molecule has 0 aliphatic carbocycles. The van der Waals surface area contributed by atoms with Crippen LogP contribution < -0.4 is 16.0 Å². The van der Waals surface area contributed by atoms with E-state index in [1.165, 1.54) is 11.1 Å². The van der Waals surface area contributed by atoms with Crippen molar-refractivity contribution in [2.24, 2.45) is 0 Å². The zero-order chi connectivity index (χ0) is 13.1. The fraction of sp³-hybridized carbons (Fsp3) is 0.500. The summed E-state index contributed by atoms with van der Waals surface area (Å²) >= 11 is 0. The molecule has 1 aromatic rings. The Morgan fingerprint density at radius 2 is 2.26 bits per heavy atom. The minimum atomic E-state index is -0.218. The van der Waals surface area contributed by atoms with Crippen LogP contribution in [0.2, 0.25) is 0 Å². The molecular weight excluding hydrogens is 242 g/mol. The van der Waals surface area contributed by atoms with E-state index in [9.17, 15) is 4.79 Å². The van der Waals surface area contributed by atoms with Crippen LogP contribution in [-0.4, -0.2) is 31.7 Å². The number of nitrogens with one attached hydrogen (secondary N) is 3. The molecule has 1 saturated heterocycles. The molecule has 0 spiro atoms. The number of ether oxygens (including phenoxy) is 1. The number of morpholine rings is 1. The van der Waals surface area contributed by atoms with Gasteiger partial charge in [-0.25, -0.2) is 0 Å². The third kappa shape index (κ3) is 2.94. The Morgan fingerprint density at radius 3 is 3.11 bits per heavy atom. The Kier molecular flexibility index (Phi) is 3.77. The standard InChI is InChI=1S/C14H19N3O2/c18-14(13-9-19-4-3-16-13)17-6-10-1-2-11-7-15-8-12(11)5-10/h1-2,5,13,15-16H,3-4,6-9H2,(H,17,18). The lowest BCUT2D eigenvalue weighted by Gasteiger charge is -2.22. The first-order chi connectivity index (χ1) is 9.33. The fourth-order valence-corrected chi connectivity index (χ4v) is 2.50. The largest absolute Gasteiger partial charge is 0.378 e.